The van der Waals surface area contributed by atoms with Crippen molar-refractivity contribution in [2.45, 2.75) is 32.7 Å². The Labute approximate surface area is 129 Å². The monoisotopic (exact) mass is 333 g/mol. The summed E-state index contributed by atoms with van der Waals surface area (Å²) in [5, 5.41) is 0. The molecule has 0 aliphatic rings. The molecule has 0 aliphatic heterocycles. The molecule has 0 fully saturated rings. The zero-order chi connectivity index (χ0) is 14.5. The van der Waals surface area contributed by atoms with E-state index < -0.39 is 0 Å². The maximum atomic E-state index is 5.98. The van der Waals surface area contributed by atoms with Gasteiger partial charge in [-0.25, -0.2) is 0 Å². The molecule has 106 valence electrons. The maximum absolute atomic E-state index is 5.98. The van der Waals surface area contributed by atoms with Crippen LogP contribution in [0.2, 0.25) is 0 Å². The minimum absolute atomic E-state index is 0.152. The number of hydrogen-bond acceptors (Lipinski definition) is 2. The van der Waals surface area contributed by atoms with Gasteiger partial charge in [0.2, 0.25) is 0 Å². The second kappa shape index (κ2) is 6.91. The van der Waals surface area contributed by atoms with E-state index in [2.05, 4.69) is 35.0 Å². The fourth-order valence-corrected chi connectivity index (χ4v) is 2.65. The zero-order valence-corrected chi connectivity index (χ0v) is 13.5. The highest BCUT2D eigenvalue weighted by Gasteiger charge is 2.07. The van der Waals surface area contributed by atoms with Crippen LogP contribution >= 0.6 is 15.9 Å². The third kappa shape index (κ3) is 3.84. The number of ether oxygens (including phenoxy) is 1. The van der Waals surface area contributed by atoms with Crippen LogP contribution in [0.1, 0.15) is 25.0 Å². The second-order valence-electron chi connectivity index (χ2n) is 5.00. The van der Waals surface area contributed by atoms with Gasteiger partial charge in [0.25, 0.3) is 0 Å². The molecule has 20 heavy (non-hydrogen) atoms. The molecule has 2 nitrogen and oxygen atoms in total. The first-order chi connectivity index (χ1) is 9.60. The van der Waals surface area contributed by atoms with E-state index in [1.165, 1.54) is 11.1 Å². The van der Waals surface area contributed by atoms with Gasteiger partial charge in [-0.3, -0.25) is 0 Å². The van der Waals surface area contributed by atoms with Crippen LogP contribution in [0, 0.1) is 0 Å². The standard InChI is InChI=1S/C17H20BrNO/c1-3-13-6-4-5-7-17(13)20-15-9-8-14(10-12(2)19)16(18)11-15/h4-9,11-12H,3,10,19H2,1-2H3. The summed E-state index contributed by atoms with van der Waals surface area (Å²) < 4.78 is 7.02. The van der Waals surface area contributed by atoms with Crippen molar-refractivity contribution in [1.29, 1.82) is 0 Å². The highest BCUT2D eigenvalue weighted by molar-refractivity contribution is 9.10. The fourth-order valence-electron chi connectivity index (χ4n) is 2.13. The van der Waals surface area contributed by atoms with Gasteiger partial charge in [-0.05, 0) is 49.1 Å². The van der Waals surface area contributed by atoms with Gasteiger partial charge < -0.3 is 10.5 Å². The summed E-state index contributed by atoms with van der Waals surface area (Å²) >= 11 is 3.59. The van der Waals surface area contributed by atoms with E-state index in [9.17, 15) is 0 Å². The predicted octanol–water partition coefficient (Wildman–Crippen LogP) is 4.69. The molecule has 0 spiro atoms. The largest absolute Gasteiger partial charge is 0.457 e. The van der Waals surface area contributed by atoms with Crippen molar-refractivity contribution in [2.24, 2.45) is 5.73 Å². The molecule has 3 heteroatoms. The third-order valence-corrected chi connectivity index (χ3v) is 3.89. The van der Waals surface area contributed by atoms with E-state index in [1.807, 2.05) is 37.3 Å². The van der Waals surface area contributed by atoms with Crippen molar-refractivity contribution >= 4 is 15.9 Å². The van der Waals surface area contributed by atoms with Crippen molar-refractivity contribution in [3.8, 4) is 11.5 Å². The van der Waals surface area contributed by atoms with Gasteiger partial charge in [-0.1, -0.05) is 47.1 Å². The van der Waals surface area contributed by atoms with Crippen molar-refractivity contribution in [3.05, 3.63) is 58.1 Å². The molecule has 1 unspecified atom stereocenters. The van der Waals surface area contributed by atoms with Crippen LogP contribution in [-0.2, 0) is 12.8 Å². The van der Waals surface area contributed by atoms with Crippen LogP contribution in [0.5, 0.6) is 11.5 Å². The normalized spacial score (nSPS) is 12.2. The van der Waals surface area contributed by atoms with Crippen molar-refractivity contribution < 1.29 is 4.74 Å². The Morgan fingerprint density at radius 3 is 2.55 bits per heavy atom. The topological polar surface area (TPSA) is 35.2 Å². The van der Waals surface area contributed by atoms with Gasteiger partial charge in [0.15, 0.2) is 0 Å². The number of halogens is 1. The minimum Gasteiger partial charge on any atom is -0.457 e. The summed E-state index contributed by atoms with van der Waals surface area (Å²) in [6.07, 6.45) is 1.81. The van der Waals surface area contributed by atoms with Crippen molar-refractivity contribution in [3.63, 3.8) is 0 Å². The molecule has 1 atom stereocenters. The lowest BCUT2D eigenvalue weighted by Gasteiger charge is -2.12. The number of nitrogens with two attached hydrogens (primary N) is 1. The summed E-state index contributed by atoms with van der Waals surface area (Å²) in [5.74, 6) is 1.76. The van der Waals surface area contributed by atoms with E-state index in [0.717, 1.165) is 28.8 Å². The first-order valence-corrected chi connectivity index (χ1v) is 7.69. The molecule has 0 heterocycles. The van der Waals surface area contributed by atoms with Gasteiger partial charge in [-0.15, -0.1) is 0 Å². The number of rotatable bonds is 5. The van der Waals surface area contributed by atoms with Crippen LogP contribution < -0.4 is 10.5 Å². The van der Waals surface area contributed by atoms with Crippen molar-refractivity contribution in [2.75, 3.05) is 0 Å². The van der Waals surface area contributed by atoms with Crippen LogP contribution in [0.4, 0.5) is 0 Å². The molecule has 0 aromatic heterocycles. The van der Waals surface area contributed by atoms with Crippen LogP contribution in [-0.4, -0.2) is 6.04 Å². The number of para-hydroxylation sites is 1. The molecular formula is C17H20BrNO. The van der Waals surface area contributed by atoms with Gasteiger partial charge in [-0.2, -0.15) is 0 Å². The third-order valence-electron chi connectivity index (χ3n) is 3.15. The fraction of sp³-hybridized carbons (Fsp3) is 0.294. The average molecular weight is 334 g/mol. The van der Waals surface area contributed by atoms with Crippen LogP contribution in [0.25, 0.3) is 0 Å². The van der Waals surface area contributed by atoms with E-state index in [1.54, 1.807) is 0 Å². The number of hydrogen-bond donors (Lipinski definition) is 1. The summed E-state index contributed by atoms with van der Waals surface area (Å²) in [5.41, 5.74) is 8.26. The Morgan fingerprint density at radius 1 is 1.15 bits per heavy atom. The van der Waals surface area contributed by atoms with Gasteiger partial charge in [0, 0.05) is 10.5 Å². The Hall–Kier alpha value is -1.32. The Kier molecular flexibility index (Phi) is 5.21. The van der Waals surface area contributed by atoms with E-state index >= 15 is 0 Å². The molecule has 0 bridgehead atoms. The highest BCUT2D eigenvalue weighted by Crippen LogP contribution is 2.29. The molecule has 0 amide bonds. The molecule has 2 aromatic rings. The molecule has 2 N–H and O–H groups in total. The second-order valence-corrected chi connectivity index (χ2v) is 5.85. The summed E-state index contributed by atoms with van der Waals surface area (Å²) in [6, 6.07) is 14.3. The average Bonchev–Trinajstić information content (AvgIpc) is 2.42. The zero-order valence-electron chi connectivity index (χ0n) is 11.9. The lowest BCUT2D eigenvalue weighted by molar-refractivity contribution is 0.476. The molecule has 0 saturated carbocycles. The number of benzene rings is 2. The first kappa shape index (κ1) is 15.1. The van der Waals surface area contributed by atoms with Crippen molar-refractivity contribution in [1.82, 2.24) is 0 Å². The molecule has 0 aliphatic carbocycles. The minimum atomic E-state index is 0.152. The van der Waals surface area contributed by atoms with Gasteiger partial charge >= 0.3 is 0 Å². The summed E-state index contributed by atoms with van der Waals surface area (Å²) in [4.78, 5) is 0. The van der Waals surface area contributed by atoms with Crippen LogP contribution in [0.15, 0.2) is 46.9 Å². The van der Waals surface area contributed by atoms with E-state index in [4.69, 9.17) is 10.5 Å². The quantitative estimate of drug-likeness (QED) is 0.861. The molecule has 0 radical (unpaired) electrons. The number of aryl methyl sites for hydroxylation is 1. The first-order valence-electron chi connectivity index (χ1n) is 6.90. The SMILES string of the molecule is CCc1ccccc1Oc1ccc(CC(C)N)c(Br)c1. The smallest absolute Gasteiger partial charge is 0.130 e. The van der Waals surface area contributed by atoms with E-state index in [0.29, 0.717) is 0 Å². The highest BCUT2D eigenvalue weighted by atomic mass is 79.9. The summed E-state index contributed by atoms with van der Waals surface area (Å²) in [6.45, 7) is 4.14. The lowest BCUT2D eigenvalue weighted by atomic mass is 10.1. The molecule has 2 rings (SSSR count). The Bertz CT molecular complexity index is 581. The predicted molar refractivity (Wildman–Crippen MR) is 87.4 cm³/mol. The maximum Gasteiger partial charge on any atom is 0.130 e. The van der Waals surface area contributed by atoms with Gasteiger partial charge in [0.1, 0.15) is 11.5 Å². The van der Waals surface area contributed by atoms with Crippen LogP contribution in [0.3, 0.4) is 0 Å². The molecular weight excluding hydrogens is 314 g/mol. The Morgan fingerprint density at radius 2 is 1.90 bits per heavy atom. The molecule has 2 aromatic carbocycles. The summed E-state index contributed by atoms with van der Waals surface area (Å²) in [7, 11) is 0. The molecule has 0 saturated heterocycles. The lowest BCUT2D eigenvalue weighted by Crippen LogP contribution is -2.17. The Balaban J connectivity index is 2.20. The van der Waals surface area contributed by atoms with Gasteiger partial charge in [0.05, 0.1) is 0 Å². The van der Waals surface area contributed by atoms with E-state index in [-0.39, 0.29) is 6.04 Å².